The van der Waals surface area contributed by atoms with E-state index in [-0.39, 0.29) is 0 Å². The third-order valence-corrected chi connectivity index (χ3v) is 3.00. The maximum atomic E-state index is 5.55. The van der Waals surface area contributed by atoms with Gasteiger partial charge in [0.15, 0.2) is 0 Å². The predicted octanol–water partition coefficient (Wildman–Crippen LogP) is 0.641. The zero-order valence-electron chi connectivity index (χ0n) is 7.89. The summed E-state index contributed by atoms with van der Waals surface area (Å²) in [7, 11) is 0. The summed E-state index contributed by atoms with van der Waals surface area (Å²) in [5.74, 6) is 0.578. The van der Waals surface area contributed by atoms with Crippen molar-refractivity contribution in [1.29, 1.82) is 0 Å². The summed E-state index contributed by atoms with van der Waals surface area (Å²) in [6.45, 7) is 1.85. The Morgan fingerprint density at radius 1 is 1.50 bits per heavy atom. The molecule has 0 radical (unpaired) electrons. The number of nitrogens with two attached hydrogens (primary N) is 1. The highest BCUT2D eigenvalue weighted by Crippen LogP contribution is 2.31. The first-order valence-electron chi connectivity index (χ1n) is 4.93. The van der Waals surface area contributed by atoms with E-state index in [1.54, 1.807) is 0 Å². The Morgan fingerprint density at radius 2 is 2.43 bits per heavy atom. The van der Waals surface area contributed by atoms with E-state index in [2.05, 4.69) is 9.88 Å². The van der Waals surface area contributed by atoms with Gasteiger partial charge < -0.3 is 15.4 Å². The van der Waals surface area contributed by atoms with E-state index in [0.717, 1.165) is 25.3 Å². The van der Waals surface area contributed by atoms with Crippen LogP contribution in [0, 0.1) is 0 Å². The van der Waals surface area contributed by atoms with E-state index in [1.165, 1.54) is 0 Å². The second-order valence-electron chi connectivity index (χ2n) is 3.94. The quantitative estimate of drug-likeness (QED) is 0.707. The molecular formula is C10H13N3O. The lowest BCUT2D eigenvalue weighted by Gasteiger charge is -2.28. The number of ether oxygens (including phenoxy) is 1. The van der Waals surface area contributed by atoms with E-state index in [4.69, 9.17) is 10.5 Å². The van der Waals surface area contributed by atoms with Gasteiger partial charge in [-0.05, 0) is 18.6 Å². The fraction of sp³-hybridized carbons (Fsp3) is 0.500. The zero-order chi connectivity index (χ0) is 9.54. The van der Waals surface area contributed by atoms with Crippen LogP contribution in [0.4, 0.5) is 11.5 Å². The van der Waals surface area contributed by atoms with Crippen molar-refractivity contribution in [2.75, 3.05) is 23.8 Å². The molecule has 2 N–H and O–H groups in total. The Labute approximate surface area is 82.7 Å². The number of anilines is 2. The number of pyridine rings is 1. The van der Waals surface area contributed by atoms with Gasteiger partial charge in [-0.15, -0.1) is 0 Å². The monoisotopic (exact) mass is 191 g/mol. The van der Waals surface area contributed by atoms with Crippen LogP contribution in [-0.2, 0) is 4.74 Å². The Balaban J connectivity index is 1.86. The average molecular weight is 191 g/mol. The minimum Gasteiger partial charge on any atom is -0.384 e. The first-order chi connectivity index (χ1) is 6.83. The zero-order valence-corrected chi connectivity index (χ0v) is 7.89. The molecule has 2 fully saturated rings. The number of nitrogen functional groups attached to an aromatic ring is 1. The first-order valence-corrected chi connectivity index (χ1v) is 4.93. The summed E-state index contributed by atoms with van der Waals surface area (Å²) >= 11 is 0. The lowest BCUT2D eigenvalue weighted by atomic mass is 10.2. The number of rotatable bonds is 1. The highest BCUT2D eigenvalue weighted by Gasteiger charge is 2.38. The topological polar surface area (TPSA) is 51.4 Å². The largest absolute Gasteiger partial charge is 0.384 e. The van der Waals surface area contributed by atoms with Gasteiger partial charge in [0, 0.05) is 6.54 Å². The van der Waals surface area contributed by atoms with Gasteiger partial charge in [0.2, 0.25) is 0 Å². The third-order valence-electron chi connectivity index (χ3n) is 3.00. The minimum atomic E-state index is 0.428. The van der Waals surface area contributed by atoms with Crippen molar-refractivity contribution in [3.05, 3.63) is 18.3 Å². The summed E-state index contributed by atoms with van der Waals surface area (Å²) in [5.41, 5.74) is 6.71. The molecule has 74 valence electrons. The molecule has 4 heteroatoms. The lowest BCUT2D eigenvalue weighted by Crippen LogP contribution is -2.36. The maximum absolute atomic E-state index is 5.55. The summed E-state index contributed by atoms with van der Waals surface area (Å²) in [4.78, 5) is 6.46. The van der Waals surface area contributed by atoms with Crippen molar-refractivity contribution < 1.29 is 4.74 Å². The summed E-state index contributed by atoms with van der Waals surface area (Å²) < 4.78 is 5.54. The van der Waals surface area contributed by atoms with Gasteiger partial charge in [-0.2, -0.15) is 0 Å². The molecule has 3 heterocycles. The summed E-state index contributed by atoms with van der Waals surface area (Å²) in [6.07, 6.45) is 3.43. The maximum Gasteiger partial charge on any atom is 0.123 e. The van der Waals surface area contributed by atoms with Gasteiger partial charge in [-0.1, -0.05) is 0 Å². The number of nitrogens with zero attached hydrogens (tertiary/aromatic N) is 2. The van der Waals surface area contributed by atoms with Crippen LogP contribution in [0.1, 0.15) is 6.42 Å². The van der Waals surface area contributed by atoms with Crippen LogP contribution < -0.4 is 10.6 Å². The molecular weight excluding hydrogens is 178 g/mol. The van der Waals surface area contributed by atoms with E-state index >= 15 is 0 Å². The van der Waals surface area contributed by atoms with Crippen molar-refractivity contribution in [1.82, 2.24) is 4.98 Å². The molecule has 0 saturated carbocycles. The highest BCUT2D eigenvalue weighted by atomic mass is 16.5. The molecule has 2 aliphatic heterocycles. The Kier molecular flexibility index (Phi) is 1.64. The molecule has 0 aliphatic carbocycles. The van der Waals surface area contributed by atoms with Crippen LogP contribution in [-0.4, -0.2) is 30.3 Å². The van der Waals surface area contributed by atoms with Gasteiger partial charge in [-0.3, -0.25) is 0 Å². The van der Waals surface area contributed by atoms with E-state index in [0.29, 0.717) is 18.0 Å². The Morgan fingerprint density at radius 3 is 3.00 bits per heavy atom. The minimum absolute atomic E-state index is 0.428. The van der Waals surface area contributed by atoms with Crippen LogP contribution in [0.3, 0.4) is 0 Å². The molecule has 2 atom stereocenters. The number of hydrogen-bond acceptors (Lipinski definition) is 4. The van der Waals surface area contributed by atoms with Crippen LogP contribution >= 0.6 is 0 Å². The first kappa shape index (κ1) is 8.05. The molecule has 0 aromatic carbocycles. The second-order valence-corrected chi connectivity index (χ2v) is 3.94. The molecule has 1 aromatic rings. The van der Waals surface area contributed by atoms with Crippen molar-refractivity contribution >= 4 is 11.5 Å². The van der Waals surface area contributed by atoms with E-state index in [1.807, 2.05) is 18.3 Å². The Hall–Kier alpha value is -1.29. The number of aromatic nitrogens is 1. The predicted molar refractivity (Wildman–Crippen MR) is 54.1 cm³/mol. The van der Waals surface area contributed by atoms with E-state index in [9.17, 15) is 0 Å². The fourth-order valence-electron chi connectivity index (χ4n) is 2.28. The van der Waals surface area contributed by atoms with Crippen molar-refractivity contribution in [3.63, 3.8) is 0 Å². The molecule has 2 aliphatic rings. The van der Waals surface area contributed by atoms with E-state index < -0.39 is 0 Å². The van der Waals surface area contributed by atoms with Gasteiger partial charge in [0.1, 0.15) is 5.82 Å². The second kappa shape index (κ2) is 2.85. The fourth-order valence-corrected chi connectivity index (χ4v) is 2.28. The lowest BCUT2D eigenvalue weighted by molar-refractivity contribution is 0.0991. The highest BCUT2D eigenvalue weighted by molar-refractivity contribution is 5.50. The summed E-state index contributed by atoms with van der Waals surface area (Å²) in [5, 5.41) is 0. The normalized spacial score (nSPS) is 29.9. The number of hydrogen-bond donors (Lipinski definition) is 1. The standard InChI is InChI=1S/C10H13N3O/c11-10-2-1-7(4-12-10)13-5-9-3-8(13)6-14-9/h1-2,4,8-9H,3,5-6H2,(H2,11,12)/t8-,9-/m0/s1. The van der Waals surface area contributed by atoms with Crippen molar-refractivity contribution in [2.24, 2.45) is 0 Å². The molecule has 2 saturated heterocycles. The molecule has 2 bridgehead atoms. The van der Waals surface area contributed by atoms with Crippen LogP contribution in [0.5, 0.6) is 0 Å². The van der Waals surface area contributed by atoms with Crippen LogP contribution in [0.25, 0.3) is 0 Å². The summed E-state index contributed by atoms with van der Waals surface area (Å²) in [6, 6.07) is 4.43. The van der Waals surface area contributed by atoms with Gasteiger partial charge in [0.05, 0.1) is 30.6 Å². The Bertz CT molecular complexity index is 338. The van der Waals surface area contributed by atoms with Crippen LogP contribution in [0.2, 0.25) is 0 Å². The molecule has 4 nitrogen and oxygen atoms in total. The van der Waals surface area contributed by atoms with Gasteiger partial charge in [-0.25, -0.2) is 4.98 Å². The molecule has 3 rings (SSSR count). The molecule has 14 heavy (non-hydrogen) atoms. The van der Waals surface area contributed by atoms with Crippen molar-refractivity contribution in [2.45, 2.75) is 18.6 Å². The van der Waals surface area contributed by atoms with Gasteiger partial charge >= 0.3 is 0 Å². The van der Waals surface area contributed by atoms with Gasteiger partial charge in [0.25, 0.3) is 0 Å². The molecule has 0 unspecified atom stereocenters. The average Bonchev–Trinajstić information content (AvgIpc) is 2.80. The molecule has 1 aromatic heterocycles. The third kappa shape index (κ3) is 1.14. The smallest absolute Gasteiger partial charge is 0.123 e. The van der Waals surface area contributed by atoms with Crippen LogP contribution in [0.15, 0.2) is 18.3 Å². The number of fused-ring (bicyclic) bond motifs is 2. The SMILES string of the molecule is Nc1ccc(N2C[C@@H]3C[C@H]2CO3)cn1. The number of morpholine rings is 1. The van der Waals surface area contributed by atoms with Crippen molar-refractivity contribution in [3.8, 4) is 0 Å². The molecule has 0 amide bonds. The molecule has 0 spiro atoms.